The quantitative estimate of drug-likeness (QED) is 0.155. The van der Waals surface area contributed by atoms with Gasteiger partial charge in [-0.15, -0.1) is 0 Å². The van der Waals surface area contributed by atoms with Gasteiger partial charge in [0.2, 0.25) is 0 Å². The van der Waals surface area contributed by atoms with E-state index in [-0.39, 0.29) is 5.97 Å². The number of unbranched alkanes of at least 4 members (excludes halogenated alkanes) is 5. The van der Waals surface area contributed by atoms with Crippen molar-refractivity contribution in [2.45, 2.75) is 56.8 Å². The second kappa shape index (κ2) is 11.6. The van der Waals surface area contributed by atoms with Crippen LogP contribution in [0.1, 0.15) is 51.9 Å². The smallest absolute Gasteiger partial charge is 0.311 e. The molecule has 0 amide bonds. The SMILES string of the molecule is CCCCCCCCC(=O)Oc1ccc(SOO[O-])cc1. The van der Waals surface area contributed by atoms with Crippen LogP contribution in [-0.2, 0) is 14.2 Å². The molecule has 0 unspecified atom stereocenters. The molecule has 6 heteroatoms. The fraction of sp³-hybridized carbons (Fsp3) is 0.533. The Labute approximate surface area is 129 Å². The maximum atomic E-state index is 11.6. The van der Waals surface area contributed by atoms with Crippen molar-refractivity contribution in [3.8, 4) is 5.75 Å². The third-order valence-corrected chi connectivity index (χ3v) is 3.54. The lowest BCUT2D eigenvalue weighted by Gasteiger charge is -2.06. The molecule has 1 aromatic rings. The molecular formula is C15H21O5S-. The Morgan fingerprint density at radius 1 is 1.10 bits per heavy atom. The summed E-state index contributed by atoms with van der Waals surface area (Å²) in [6.07, 6.45) is 7.27. The lowest BCUT2D eigenvalue weighted by atomic mass is 10.1. The Hall–Kier alpha value is -1.08. The summed E-state index contributed by atoms with van der Waals surface area (Å²) in [5.41, 5.74) is 0. The van der Waals surface area contributed by atoms with Crippen molar-refractivity contribution in [1.29, 1.82) is 0 Å². The van der Waals surface area contributed by atoms with Crippen LogP contribution < -0.4 is 9.99 Å². The van der Waals surface area contributed by atoms with Crippen LogP contribution in [0.5, 0.6) is 5.75 Å². The predicted octanol–water partition coefficient (Wildman–Crippen LogP) is 3.57. The molecule has 0 aromatic heterocycles. The normalized spacial score (nSPS) is 10.6. The highest BCUT2D eigenvalue weighted by atomic mass is 32.2. The van der Waals surface area contributed by atoms with Crippen LogP contribution in [0, 0.1) is 0 Å². The summed E-state index contributed by atoms with van der Waals surface area (Å²) < 4.78 is 9.41. The first-order valence-corrected chi connectivity index (χ1v) is 7.94. The molecule has 0 aliphatic rings. The molecule has 118 valence electrons. The lowest BCUT2D eigenvalue weighted by molar-refractivity contribution is -0.777. The summed E-state index contributed by atoms with van der Waals surface area (Å²) in [6.45, 7) is 2.18. The zero-order chi connectivity index (χ0) is 15.3. The molecule has 0 saturated carbocycles. The Balaban J connectivity index is 2.18. The van der Waals surface area contributed by atoms with E-state index >= 15 is 0 Å². The number of carbonyl (C=O) groups excluding carboxylic acids is 1. The highest BCUT2D eigenvalue weighted by Crippen LogP contribution is 2.22. The number of rotatable bonds is 11. The van der Waals surface area contributed by atoms with Gasteiger partial charge in [0.1, 0.15) is 5.75 Å². The first-order chi connectivity index (χ1) is 10.3. The van der Waals surface area contributed by atoms with Crippen molar-refractivity contribution in [1.82, 2.24) is 0 Å². The zero-order valence-electron chi connectivity index (χ0n) is 12.2. The van der Waals surface area contributed by atoms with Crippen molar-refractivity contribution in [2.24, 2.45) is 0 Å². The first kappa shape index (κ1) is 18.0. The van der Waals surface area contributed by atoms with Gasteiger partial charge in [-0.1, -0.05) is 39.0 Å². The van der Waals surface area contributed by atoms with Crippen LogP contribution in [0.4, 0.5) is 0 Å². The second-order valence-electron chi connectivity index (χ2n) is 4.68. The number of hydrogen-bond acceptors (Lipinski definition) is 6. The van der Waals surface area contributed by atoms with E-state index in [2.05, 4.69) is 16.3 Å². The Morgan fingerprint density at radius 2 is 1.76 bits per heavy atom. The summed E-state index contributed by atoms with van der Waals surface area (Å²) in [5, 5.41) is 12.9. The van der Waals surface area contributed by atoms with E-state index in [1.165, 1.54) is 25.7 Å². The monoisotopic (exact) mass is 313 g/mol. The van der Waals surface area contributed by atoms with Gasteiger partial charge in [0, 0.05) is 11.3 Å². The van der Waals surface area contributed by atoms with Gasteiger partial charge >= 0.3 is 5.97 Å². The van der Waals surface area contributed by atoms with Crippen molar-refractivity contribution in [2.75, 3.05) is 0 Å². The minimum Gasteiger partial charge on any atom is -0.691 e. The van der Waals surface area contributed by atoms with E-state index in [9.17, 15) is 10.1 Å². The minimum absolute atomic E-state index is 0.218. The molecule has 0 N–H and O–H groups in total. The fourth-order valence-electron chi connectivity index (χ4n) is 1.85. The summed E-state index contributed by atoms with van der Waals surface area (Å²) >= 11 is 0.796. The third kappa shape index (κ3) is 8.72. The van der Waals surface area contributed by atoms with Crippen LogP contribution in [-0.4, -0.2) is 5.97 Å². The highest BCUT2D eigenvalue weighted by molar-refractivity contribution is 7.94. The molecule has 1 aromatic carbocycles. The predicted molar refractivity (Wildman–Crippen MR) is 78.1 cm³/mol. The van der Waals surface area contributed by atoms with Gasteiger partial charge in [-0.2, -0.15) is 4.33 Å². The number of ether oxygens (including phenoxy) is 1. The zero-order valence-corrected chi connectivity index (χ0v) is 13.0. The van der Waals surface area contributed by atoms with Crippen LogP contribution in [0.2, 0.25) is 0 Å². The molecule has 1 rings (SSSR count). The molecule has 0 bridgehead atoms. The van der Waals surface area contributed by atoms with Gasteiger partial charge in [0.15, 0.2) is 0 Å². The average molecular weight is 313 g/mol. The van der Waals surface area contributed by atoms with E-state index in [1.54, 1.807) is 24.3 Å². The van der Waals surface area contributed by atoms with Crippen LogP contribution in [0.15, 0.2) is 29.2 Å². The molecule has 5 nitrogen and oxygen atoms in total. The molecule has 0 saturated heterocycles. The molecule has 0 atom stereocenters. The van der Waals surface area contributed by atoms with Gasteiger partial charge in [0.05, 0.1) is 12.0 Å². The maximum absolute atomic E-state index is 11.6. The van der Waals surface area contributed by atoms with Gasteiger partial charge < -0.3 is 9.99 Å². The molecule has 0 heterocycles. The number of benzene rings is 1. The van der Waals surface area contributed by atoms with E-state index < -0.39 is 0 Å². The van der Waals surface area contributed by atoms with Gasteiger partial charge in [-0.05, 0) is 30.7 Å². The van der Waals surface area contributed by atoms with Crippen molar-refractivity contribution < 1.29 is 24.2 Å². The molecule has 0 radical (unpaired) electrons. The molecular weight excluding hydrogens is 292 g/mol. The van der Waals surface area contributed by atoms with Gasteiger partial charge in [-0.3, -0.25) is 9.83 Å². The van der Waals surface area contributed by atoms with Crippen molar-refractivity contribution >= 4 is 18.0 Å². The second-order valence-corrected chi connectivity index (χ2v) is 5.46. The maximum Gasteiger partial charge on any atom is 0.311 e. The minimum atomic E-state index is -0.218. The largest absolute Gasteiger partial charge is 0.691 e. The highest BCUT2D eigenvalue weighted by Gasteiger charge is 2.05. The molecule has 0 spiro atoms. The standard InChI is InChI=1S/C15H22O5S/c1-2-3-4-5-6-7-8-15(16)18-13-9-11-14(12-10-13)21-20-19-17/h9-12,17H,2-8H2,1H3/p-1. The number of carbonyl (C=O) groups is 1. The van der Waals surface area contributed by atoms with Crippen molar-refractivity contribution in [3.63, 3.8) is 0 Å². The van der Waals surface area contributed by atoms with E-state index in [0.717, 1.165) is 24.9 Å². The Kier molecular flexibility index (Phi) is 9.90. The van der Waals surface area contributed by atoms with Crippen molar-refractivity contribution in [3.05, 3.63) is 24.3 Å². The van der Waals surface area contributed by atoms with Gasteiger partial charge in [-0.25, -0.2) is 0 Å². The fourth-order valence-corrected chi connectivity index (χ4v) is 2.20. The summed E-state index contributed by atoms with van der Waals surface area (Å²) in [4.78, 5) is 12.3. The Morgan fingerprint density at radius 3 is 2.43 bits per heavy atom. The summed E-state index contributed by atoms with van der Waals surface area (Å²) in [7, 11) is 0. The molecule has 0 fully saturated rings. The van der Waals surface area contributed by atoms with Crippen LogP contribution in [0.3, 0.4) is 0 Å². The molecule has 0 aliphatic carbocycles. The summed E-state index contributed by atoms with van der Waals surface area (Å²) in [5.74, 6) is 0.267. The molecule has 21 heavy (non-hydrogen) atoms. The van der Waals surface area contributed by atoms with Crippen LogP contribution in [0.25, 0.3) is 0 Å². The number of hydrogen-bond donors (Lipinski definition) is 0. The lowest BCUT2D eigenvalue weighted by Crippen LogP contribution is -2.07. The number of esters is 1. The van der Waals surface area contributed by atoms with E-state index in [4.69, 9.17) is 4.74 Å². The average Bonchev–Trinajstić information content (AvgIpc) is 2.50. The summed E-state index contributed by atoms with van der Waals surface area (Å²) in [6, 6.07) is 6.65. The van der Waals surface area contributed by atoms with Gasteiger partial charge in [0.25, 0.3) is 0 Å². The van der Waals surface area contributed by atoms with Crippen LogP contribution >= 0.6 is 12.0 Å². The topological polar surface area (TPSA) is 67.8 Å². The Bertz CT molecular complexity index is 394. The van der Waals surface area contributed by atoms with E-state index in [0.29, 0.717) is 17.1 Å². The third-order valence-electron chi connectivity index (χ3n) is 2.95. The molecule has 0 aliphatic heterocycles. The first-order valence-electron chi connectivity index (χ1n) is 7.20. The van der Waals surface area contributed by atoms with E-state index in [1.807, 2.05) is 0 Å².